The Hall–Kier alpha value is -1.40. The summed E-state index contributed by atoms with van der Waals surface area (Å²) in [6.45, 7) is 11.4. The molecule has 6 heteroatoms. The number of aliphatic hydroxyl groups is 1. The van der Waals surface area contributed by atoms with Gasteiger partial charge in [0.15, 0.2) is 0 Å². The predicted molar refractivity (Wildman–Crippen MR) is 101 cm³/mol. The van der Waals surface area contributed by atoms with Gasteiger partial charge in [0.2, 0.25) is 0 Å². The molecule has 0 spiro atoms. The van der Waals surface area contributed by atoms with Crippen LogP contribution in [0.4, 0.5) is 0 Å². The van der Waals surface area contributed by atoms with Crippen molar-refractivity contribution in [3.8, 4) is 0 Å². The van der Waals surface area contributed by atoms with E-state index in [2.05, 4.69) is 6.58 Å². The summed E-state index contributed by atoms with van der Waals surface area (Å²) in [7, 11) is 0. The first-order valence-electron chi connectivity index (χ1n) is 10.5. The molecule has 0 aromatic rings. The lowest BCUT2D eigenvalue weighted by Crippen LogP contribution is -2.54. The average molecular weight is 392 g/mol. The summed E-state index contributed by atoms with van der Waals surface area (Å²) in [5.41, 5.74) is -0.734. The van der Waals surface area contributed by atoms with Gasteiger partial charge in [0, 0.05) is 18.8 Å². The molecule has 2 bridgehead atoms. The van der Waals surface area contributed by atoms with Gasteiger partial charge in [-0.3, -0.25) is 9.59 Å². The van der Waals surface area contributed by atoms with Gasteiger partial charge < -0.3 is 19.3 Å². The lowest BCUT2D eigenvalue weighted by molar-refractivity contribution is -0.180. The summed E-state index contributed by atoms with van der Waals surface area (Å²) in [5, 5.41) is 10.6. The van der Waals surface area contributed by atoms with Crippen LogP contribution in [0.15, 0.2) is 12.2 Å². The Bertz CT molecular complexity index is 703. The Morgan fingerprint density at radius 1 is 1.29 bits per heavy atom. The number of carbonyl (C=O) groups excluding carboxylic acids is 2. The maximum Gasteiger partial charge on any atom is 0.309 e. The van der Waals surface area contributed by atoms with Crippen LogP contribution < -0.4 is 0 Å². The zero-order valence-corrected chi connectivity index (χ0v) is 17.3. The summed E-state index contributed by atoms with van der Waals surface area (Å²) in [4.78, 5) is 24.8. The number of carbonyl (C=O) groups is 2. The molecule has 4 rings (SSSR count). The summed E-state index contributed by atoms with van der Waals surface area (Å²) in [6, 6.07) is 0. The number of hydrogen-bond acceptors (Lipinski definition) is 6. The highest BCUT2D eigenvalue weighted by molar-refractivity contribution is 5.73. The third-order valence-corrected chi connectivity index (χ3v) is 7.84. The highest BCUT2D eigenvalue weighted by Crippen LogP contribution is 2.59. The van der Waals surface area contributed by atoms with Crippen LogP contribution in [0.5, 0.6) is 0 Å². The molecule has 3 saturated heterocycles. The normalized spacial score (nSPS) is 50.7. The minimum absolute atomic E-state index is 0.0570. The lowest BCUT2D eigenvalue weighted by atomic mass is 9.58. The van der Waals surface area contributed by atoms with Crippen molar-refractivity contribution in [3.05, 3.63) is 12.2 Å². The van der Waals surface area contributed by atoms with Crippen LogP contribution in [0.25, 0.3) is 0 Å². The molecule has 0 amide bonds. The highest BCUT2D eigenvalue weighted by Gasteiger charge is 2.66. The van der Waals surface area contributed by atoms with E-state index < -0.39 is 17.3 Å². The second-order valence-corrected chi connectivity index (χ2v) is 9.75. The van der Waals surface area contributed by atoms with Gasteiger partial charge in [-0.1, -0.05) is 13.5 Å². The van der Waals surface area contributed by atoms with Crippen molar-refractivity contribution in [1.82, 2.24) is 0 Å². The number of fused-ring (bicyclic) bond motifs is 2. The second kappa shape index (κ2) is 6.56. The van der Waals surface area contributed by atoms with Gasteiger partial charge in [0.05, 0.1) is 18.1 Å². The van der Waals surface area contributed by atoms with E-state index in [-0.39, 0.29) is 47.8 Å². The van der Waals surface area contributed by atoms with Crippen LogP contribution >= 0.6 is 0 Å². The highest BCUT2D eigenvalue weighted by atomic mass is 16.6. The van der Waals surface area contributed by atoms with Crippen LogP contribution in [0.1, 0.15) is 59.8 Å². The fraction of sp³-hybridized carbons (Fsp3) is 0.818. The van der Waals surface area contributed by atoms with Gasteiger partial charge in [-0.2, -0.15) is 0 Å². The molecule has 6 nitrogen and oxygen atoms in total. The number of aliphatic hydroxyl groups excluding tert-OH is 1. The van der Waals surface area contributed by atoms with Crippen LogP contribution in [0.2, 0.25) is 0 Å². The van der Waals surface area contributed by atoms with Gasteiger partial charge in [0.25, 0.3) is 0 Å². The van der Waals surface area contributed by atoms with E-state index in [0.29, 0.717) is 25.7 Å². The van der Waals surface area contributed by atoms with E-state index in [4.69, 9.17) is 14.2 Å². The van der Waals surface area contributed by atoms with Crippen molar-refractivity contribution in [2.45, 2.75) is 89.3 Å². The monoisotopic (exact) mass is 392 g/mol. The van der Waals surface area contributed by atoms with Crippen molar-refractivity contribution in [2.75, 3.05) is 0 Å². The van der Waals surface area contributed by atoms with Crippen LogP contribution in [-0.4, -0.2) is 46.6 Å². The molecule has 0 aromatic heterocycles. The van der Waals surface area contributed by atoms with Gasteiger partial charge in [-0.05, 0) is 57.4 Å². The SMILES string of the molecule is C=C1C[C@H]2O[C@@H]3[C@@H]4[C@H](CC[C@](C)(OC(C)=O)[C@@H]42)[C@H](C)C(=O)O[C@]3(C)CC[C@@H]1O. The van der Waals surface area contributed by atoms with E-state index in [1.54, 1.807) is 0 Å². The van der Waals surface area contributed by atoms with Crippen LogP contribution in [0, 0.1) is 23.7 Å². The largest absolute Gasteiger partial charge is 0.459 e. The number of rotatable bonds is 1. The number of ether oxygens (including phenoxy) is 3. The molecule has 3 aliphatic heterocycles. The van der Waals surface area contributed by atoms with Crippen molar-refractivity contribution >= 4 is 11.9 Å². The van der Waals surface area contributed by atoms with Crippen molar-refractivity contribution in [2.24, 2.45) is 23.7 Å². The van der Waals surface area contributed by atoms with Crippen molar-refractivity contribution in [1.29, 1.82) is 0 Å². The Labute approximate surface area is 166 Å². The Kier molecular flexibility index (Phi) is 4.66. The summed E-state index contributed by atoms with van der Waals surface area (Å²) in [5.74, 6) is -0.572. The second-order valence-electron chi connectivity index (χ2n) is 9.75. The average Bonchev–Trinajstić information content (AvgIpc) is 2.97. The summed E-state index contributed by atoms with van der Waals surface area (Å²) < 4.78 is 18.5. The zero-order valence-electron chi connectivity index (χ0n) is 17.3. The first kappa shape index (κ1) is 19.9. The fourth-order valence-corrected chi connectivity index (χ4v) is 6.43. The molecule has 28 heavy (non-hydrogen) atoms. The molecule has 3 heterocycles. The maximum absolute atomic E-state index is 12.9. The Morgan fingerprint density at radius 3 is 2.68 bits per heavy atom. The Balaban J connectivity index is 1.84. The topological polar surface area (TPSA) is 82.1 Å². The quantitative estimate of drug-likeness (QED) is 0.546. The summed E-state index contributed by atoms with van der Waals surface area (Å²) in [6.07, 6.45) is 1.89. The van der Waals surface area contributed by atoms with Crippen molar-refractivity contribution < 1.29 is 28.9 Å². The molecule has 156 valence electrons. The van der Waals surface area contributed by atoms with Gasteiger partial charge >= 0.3 is 11.9 Å². The molecule has 1 saturated carbocycles. The van der Waals surface area contributed by atoms with E-state index in [0.717, 1.165) is 12.0 Å². The third kappa shape index (κ3) is 2.91. The first-order chi connectivity index (χ1) is 13.1. The lowest BCUT2D eigenvalue weighted by Gasteiger charge is -2.48. The number of hydrogen-bond donors (Lipinski definition) is 1. The van der Waals surface area contributed by atoms with Crippen LogP contribution in [-0.2, 0) is 23.8 Å². The zero-order chi connectivity index (χ0) is 20.4. The smallest absolute Gasteiger partial charge is 0.309 e. The molecule has 9 atom stereocenters. The van der Waals surface area contributed by atoms with Crippen LogP contribution in [0.3, 0.4) is 0 Å². The molecular formula is C22H32O6. The van der Waals surface area contributed by atoms with E-state index in [1.165, 1.54) is 6.92 Å². The minimum atomic E-state index is -0.808. The molecule has 0 radical (unpaired) electrons. The molecule has 4 aliphatic rings. The first-order valence-corrected chi connectivity index (χ1v) is 10.5. The maximum atomic E-state index is 12.9. The van der Waals surface area contributed by atoms with Gasteiger partial charge in [0.1, 0.15) is 17.3 Å². The number of esters is 2. The minimum Gasteiger partial charge on any atom is -0.459 e. The Morgan fingerprint density at radius 2 is 2.00 bits per heavy atom. The molecule has 4 fully saturated rings. The standard InChI is InChI=1S/C22H32O6/c1-11-10-16-18-17-14(6-8-21(18,4)27-13(3)23)12(2)20(25)28-22(5,19(17)26-16)9-7-15(11)24/h12,14-19,24H,1,6-10H2,2-5H3/t12-,14+,15-,16+,17+,18+,19+,21-,22+/m0/s1. The molecule has 0 aromatic carbocycles. The fourth-order valence-electron chi connectivity index (χ4n) is 6.43. The predicted octanol–water partition coefficient (Wildman–Crippen LogP) is 2.77. The molecule has 1 N–H and O–H groups in total. The van der Waals surface area contributed by atoms with E-state index in [9.17, 15) is 14.7 Å². The van der Waals surface area contributed by atoms with Gasteiger partial charge in [-0.25, -0.2) is 0 Å². The van der Waals surface area contributed by atoms with Gasteiger partial charge in [-0.15, -0.1) is 0 Å². The van der Waals surface area contributed by atoms with E-state index >= 15 is 0 Å². The van der Waals surface area contributed by atoms with E-state index in [1.807, 2.05) is 20.8 Å². The molecular weight excluding hydrogens is 360 g/mol. The molecule has 1 aliphatic carbocycles. The summed E-state index contributed by atoms with van der Waals surface area (Å²) >= 11 is 0. The van der Waals surface area contributed by atoms with Crippen molar-refractivity contribution in [3.63, 3.8) is 0 Å². The third-order valence-electron chi connectivity index (χ3n) is 7.84. The molecule has 0 unspecified atom stereocenters.